The Morgan fingerprint density at radius 3 is 2.21 bits per heavy atom. The lowest BCUT2D eigenvalue weighted by molar-refractivity contribution is -0.137. The molecule has 0 fully saturated rings. The maximum Gasteiger partial charge on any atom is 0.416 e. The van der Waals surface area contributed by atoms with Crippen LogP contribution in [0.4, 0.5) is 18.0 Å². The normalized spacial score (nSPS) is 14.5. The van der Waals surface area contributed by atoms with Crippen LogP contribution in [0.1, 0.15) is 18.1 Å². The summed E-state index contributed by atoms with van der Waals surface area (Å²) in [5, 5.41) is 10.5. The number of carbonyl (C=O) groups excluding carboxylic acids is 1. The molecular weight excluding hydrogens is 265 g/mol. The molecule has 0 spiro atoms. The Morgan fingerprint density at radius 1 is 1.26 bits per heavy atom. The molecule has 0 heterocycles. The van der Waals surface area contributed by atoms with E-state index >= 15 is 0 Å². The van der Waals surface area contributed by atoms with Gasteiger partial charge < -0.3 is 16.2 Å². The highest BCUT2D eigenvalue weighted by Crippen LogP contribution is 2.32. The van der Waals surface area contributed by atoms with E-state index in [-0.39, 0.29) is 5.56 Å². The lowest BCUT2D eigenvalue weighted by Gasteiger charge is -2.27. The Bertz CT molecular complexity index is 516. The number of halogens is 3. The number of benzene rings is 1. The number of alkyl halides is 3. The van der Waals surface area contributed by atoms with Gasteiger partial charge in [-0.25, -0.2) is 4.79 Å². The van der Waals surface area contributed by atoms with Crippen LogP contribution in [0.2, 0.25) is 0 Å². The molecule has 1 unspecified atom stereocenters. The molecule has 2 amide bonds. The highest BCUT2D eigenvalue weighted by atomic mass is 19.4. The predicted octanol–water partition coefficient (Wildman–Crippen LogP) is 1.67. The van der Waals surface area contributed by atoms with Crippen molar-refractivity contribution in [2.75, 3.05) is 0 Å². The molecule has 0 bridgehead atoms. The Kier molecular flexibility index (Phi) is 3.73. The molecule has 1 rings (SSSR count). The second kappa shape index (κ2) is 4.79. The van der Waals surface area contributed by atoms with Crippen LogP contribution in [0.25, 0.3) is 0 Å². The number of primary amides is 1. The number of hydrogen-bond donors (Lipinski definition) is 3. The molecule has 0 aliphatic carbocycles. The highest BCUT2D eigenvalue weighted by molar-refractivity contribution is 5.89. The van der Waals surface area contributed by atoms with Gasteiger partial charge in [-0.15, -0.1) is 0 Å². The molecule has 1 aromatic carbocycles. The summed E-state index contributed by atoms with van der Waals surface area (Å²) in [6.45, 7) is 1.10. The van der Waals surface area contributed by atoms with Crippen molar-refractivity contribution in [1.82, 2.24) is 5.32 Å². The number of amides is 2. The van der Waals surface area contributed by atoms with Gasteiger partial charge in [-0.05, 0) is 24.6 Å². The van der Waals surface area contributed by atoms with Crippen molar-refractivity contribution in [2.45, 2.75) is 18.6 Å². The van der Waals surface area contributed by atoms with Crippen molar-refractivity contribution < 1.29 is 27.9 Å². The number of nitrogens with one attached hydrogen (secondary N) is 1. The van der Waals surface area contributed by atoms with Crippen LogP contribution in [0.15, 0.2) is 24.3 Å². The van der Waals surface area contributed by atoms with Gasteiger partial charge in [-0.3, -0.25) is 4.79 Å². The third-order valence-electron chi connectivity index (χ3n) is 2.62. The van der Waals surface area contributed by atoms with Crippen molar-refractivity contribution in [1.29, 1.82) is 0 Å². The smallest absolute Gasteiger partial charge is 0.416 e. The van der Waals surface area contributed by atoms with Crippen LogP contribution < -0.4 is 11.1 Å². The van der Waals surface area contributed by atoms with Gasteiger partial charge in [0.15, 0.2) is 0 Å². The molecule has 0 radical (unpaired) electrons. The highest BCUT2D eigenvalue weighted by Gasteiger charge is 2.38. The van der Waals surface area contributed by atoms with Crippen LogP contribution >= 0.6 is 0 Å². The van der Waals surface area contributed by atoms with E-state index in [2.05, 4.69) is 0 Å². The van der Waals surface area contributed by atoms with Crippen LogP contribution in [0, 0.1) is 0 Å². The van der Waals surface area contributed by atoms with Crippen LogP contribution in [0.5, 0.6) is 0 Å². The molecule has 1 aromatic rings. The van der Waals surface area contributed by atoms with Gasteiger partial charge >= 0.3 is 12.3 Å². The summed E-state index contributed by atoms with van der Waals surface area (Å²) in [5.41, 5.74) is 1.95. The zero-order valence-corrected chi connectivity index (χ0v) is 9.78. The van der Waals surface area contributed by atoms with Gasteiger partial charge in [0.2, 0.25) is 5.91 Å². The molecule has 0 saturated heterocycles. The molecule has 0 saturated carbocycles. The first-order valence-corrected chi connectivity index (χ1v) is 5.06. The van der Waals surface area contributed by atoms with Gasteiger partial charge in [0.25, 0.3) is 0 Å². The van der Waals surface area contributed by atoms with Gasteiger partial charge in [-0.2, -0.15) is 13.2 Å². The van der Waals surface area contributed by atoms with Crippen LogP contribution in [0.3, 0.4) is 0 Å². The zero-order chi connectivity index (χ0) is 14.8. The Hall–Kier alpha value is -2.25. The quantitative estimate of drug-likeness (QED) is 0.784. The monoisotopic (exact) mass is 276 g/mol. The summed E-state index contributed by atoms with van der Waals surface area (Å²) in [7, 11) is 0. The lowest BCUT2D eigenvalue weighted by atomic mass is 9.90. The predicted molar refractivity (Wildman–Crippen MR) is 59.2 cm³/mol. The van der Waals surface area contributed by atoms with E-state index in [1.54, 1.807) is 0 Å². The number of nitrogens with two attached hydrogens (primary N) is 1. The van der Waals surface area contributed by atoms with Crippen molar-refractivity contribution in [3.8, 4) is 0 Å². The fourth-order valence-electron chi connectivity index (χ4n) is 1.50. The average Bonchev–Trinajstić information content (AvgIpc) is 2.26. The maximum atomic E-state index is 12.6. The molecular formula is C11H11F3N2O3. The minimum Gasteiger partial charge on any atom is -0.465 e. The zero-order valence-electron chi connectivity index (χ0n) is 9.78. The Morgan fingerprint density at radius 2 is 1.79 bits per heavy atom. The number of hydrogen-bond acceptors (Lipinski definition) is 2. The maximum absolute atomic E-state index is 12.6. The first kappa shape index (κ1) is 14.8. The summed E-state index contributed by atoms with van der Waals surface area (Å²) in [4.78, 5) is 22.0. The first-order valence-electron chi connectivity index (χ1n) is 5.06. The van der Waals surface area contributed by atoms with Crippen LogP contribution in [-0.2, 0) is 16.5 Å². The van der Waals surface area contributed by atoms with E-state index < -0.39 is 29.3 Å². The van der Waals surface area contributed by atoms with Crippen molar-refractivity contribution in [2.24, 2.45) is 5.73 Å². The van der Waals surface area contributed by atoms with E-state index in [1.165, 1.54) is 6.07 Å². The average molecular weight is 276 g/mol. The van der Waals surface area contributed by atoms with E-state index in [9.17, 15) is 22.8 Å². The standard InChI is InChI=1S/C11H11F3N2O3/c1-10(8(15)17,16-9(18)19)6-3-2-4-7(5-6)11(12,13)14/h2-5,16H,1H3,(H2,15,17)(H,18,19). The largest absolute Gasteiger partial charge is 0.465 e. The van der Waals surface area contributed by atoms with E-state index in [0.29, 0.717) is 6.07 Å². The summed E-state index contributed by atoms with van der Waals surface area (Å²) in [6.07, 6.45) is -6.17. The third kappa shape index (κ3) is 3.15. The minimum absolute atomic E-state index is 0.183. The molecule has 5 nitrogen and oxygen atoms in total. The fourth-order valence-corrected chi connectivity index (χ4v) is 1.50. The molecule has 104 valence electrons. The van der Waals surface area contributed by atoms with E-state index in [0.717, 1.165) is 19.1 Å². The number of rotatable bonds is 3. The molecule has 0 aliphatic heterocycles. The van der Waals surface area contributed by atoms with E-state index in [4.69, 9.17) is 10.8 Å². The number of carboxylic acid groups (broad SMARTS) is 1. The number of carbonyl (C=O) groups is 2. The molecule has 0 aromatic heterocycles. The molecule has 1 atom stereocenters. The van der Waals surface area contributed by atoms with Gasteiger partial charge in [0.05, 0.1) is 5.56 Å². The van der Waals surface area contributed by atoms with Crippen molar-refractivity contribution in [3.63, 3.8) is 0 Å². The van der Waals surface area contributed by atoms with Crippen LogP contribution in [-0.4, -0.2) is 17.1 Å². The first-order chi connectivity index (χ1) is 8.57. The SMILES string of the molecule is CC(NC(=O)O)(C(N)=O)c1cccc(C(F)(F)F)c1. The third-order valence-corrected chi connectivity index (χ3v) is 2.62. The minimum atomic E-state index is -4.60. The van der Waals surface area contributed by atoms with Crippen molar-refractivity contribution >= 4 is 12.0 Å². The summed E-state index contributed by atoms with van der Waals surface area (Å²) in [6, 6.07) is 3.76. The molecule has 0 aliphatic rings. The molecule has 19 heavy (non-hydrogen) atoms. The lowest BCUT2D eigenvalue weighted by Crippen LogP contribution is -2.52. The van der Waals surface area contributed by atoms with E-state index in [1.807, 2.05) is 5.32 Å². The molecule has 8 heteroatoms. The summed E-state index contributed by atoms with van der Waals surface area (Å²) in [5.74, 6) is -1.10. The van der Waals surface area contributed by atoms with Gasteiger partial charge in [0, 0.05) is 0 Å². The fraction of sp³-hybridized carbons (Fsp3) is 0.273. The second-order valence-corrected chi connectivity index (χ2v) is 4.00. The Balaban J connectivity index is 3.32. The Labute approximate surface area is 106 Å². The summed E-state index contributed by atoms with van der Waals surface area (Å²) < 4.78 is 37.7. The topological polar surface area (TPSA) is 92.4 Å². The van der Waals surface area contributed by atoms with Gasteiger partial charge in [-0.1, -0.05) is 12.1 Å². The van der Waals surface area contributed by atoms with Crippen molar-refractivity contribution in [3.05, 3.63) is 35.4 Å². The van der Waals surface area contributed by atoms with Gasteiger partial charge in [0.1, 0.15) is 5.54 Å². The molecule has 4 N–H and O–H groups in total. The summed E-state index contributed by atoms with van der Waals surface area (Å²) >= 11 is 0. The second-order valence-electron chi connectivity index (χ2n) is 4.00.